The van der Waals surface area contributed by atoms with Gasteiger partial charge in [0, 0.05) is 25.2 Å². The summed E-state index contributed by atoms with van der Waals surface area (Å²) in [6.07, 6.45) is 2.47. The average Bonchev–Trinajstić information content (AvgIpc) is 2.36. The van der Waals surface area contributed by atoms with Crippen molar-refractivity contribution in [3.05, 3.63) is 35.4 Å². The van der Waals surface area contributed by atoms with E-state index in [4.69, 9.17) is 0 Å². The molecule has 1 aliphatic heterocycles. The van der Waals surface area contributed by atoms with E-state index in [2.05, 4.69) is 55.3 Å². The van der Waals surface area contributed by atoms with E-state index in [1.54, 1.807) is 0 Å². The number of nitrogens with zero attached hydrogens (tertiary/aromatic N) is 1. The fourth-order valence-electron chi connectivity index (χ4n) is 2.77. The Morgan fingerprint density at radius 2 is 2.06 bits per heavy atom. The second-order valence-corrected chi connectivity index (χ2v) is 5.68. The molecule has 100 valence electrons. The SMILES string of the molecule is Cc1ccccc1CCCN1C[C@H](C)NC[C@H]1C. The maximum absolute atomic E-state index is 3.54. The third-order valence-electron chi connectivity index (χ3n) is 4.05. The topological polar surface area (TPSA) is 15.3 Å². The van der Waals surface area contributed by atoms with Gasteiger partial charge in [-0.3, -0.25) is 4.90 Å². The lowest BCUT2D eigenvalue weighted by Gasteiger charge is -2.37. The van der Waals surface area contributed by atoms with Crippen LogP contribution >= 0.6 is 0 Å². The van der Waals surface area contributed by atoms with Crippen LogP contribution in [0, 0.1) is 6.92 Å². The fraction of sp³-hybridized carbons (Fsp3) is 0.625. The van der Waals surface area contributed by atoms with Gasteiger partial charge in [-0.2, -0.15) is 0 Å². The van der Waals surface area contributed by atoms with Crippen LogP contribution in [0.2, 0.25) is 0 Å². The van der Waals surface area contributed by atoms with Crippen LogP contribution in [0.4, 0.5) is 0 Å². The van der Waals surface area contributed by atoms with E-state index in [-0.39, 0.29) is 0 Å². The van der Waals surface area contributed by atoms with Crippen molar-refractivity contribution in [1.29, 1.82) is 0 Å². The standard InChI is InChI=1S/C16H26N2/c1-13-7-4-5-8-16(13)9-6-10-18-12-14(2)17-11-15(18)3/h4-5,7-8,14-15,17H,6,9-12H2,1-3H3/t14-,15+/m0/s1. The lowest BCUT2D eigenvalue weighted by molar-refractivity contribution is 0.145. The molecule has 1 heterocycles. The second-order valence-electron chi connectivity index (χ2n) is 5.68. The Morgan fingerprint density at radius 1 is 1.28 bits per heavy atom. The van der Waals surface area contributed by atoms with Crippen molar-refractivity contribution < 1.29 is 0 Å². The molecule has 0 saturated carbocycles. The highest BCUT2D eigenvalue weighted by molar-refractivity contribution is 5.25. The highest BCUT2D eigenvalue weighted by Crippen LogP contribution is 2.12. The van der Waals surface area contributed by atoms with Crippen LogP contribution in [-0.2, 0) is 6.42 Å². The number of rotatable bonds is 4. The van der Waals surface area contributed by atoms with Crippen LogP contribution in [0.3, 0.4) is 0 Å². The van der Waals surface area contributed by atoms with Gasteiger partial charge >= 0.3 is 0 Å². The van der Waals surface area contributed by atoms with Gasteiger partial charge in [0.1, 0.15) is 0 Å². The Morgan fingerprint density at radius 3 is 2.83 bits per heavy atom. The third-order valence-corrected chi connectivity index (χ3v) is 4.05. The van der Waals surface area contributed by atoms with E-state index in [0.29, 0.717) is 12.1 Å². The molecule has 0 aliphatic carbocycles. The van der Waals surface area contributed by atoms with E-state index < -0.39 is 0 Å². The quantitative estimate of drug-likeness (QED) is 0.878. The number of piperazine rings is 1. The zero-order valence-corrected chi connectivity index (χ0v) is 11.9. The van der Waals surface area contributed by atoms with Crippen LogP contribution in [0.1, 0.15) is 31.4 Å². The molecule has 1 saturated heterocycles. The van der Waals surface area contributed by atoms with E-state index in [9.17, 15) is 0 Å². The molecule has 0 spiro atoms. The molecule has 1 N–H and O–H groups in total. The number of aryl methyl sites for hydroxylation is 2. The molecule has 2 rings (SSSR count). The van der Waals surface area contributed by atoms with Crippen LogP contribution in [-0.4, -0.2) is 36.6 Å². The third kappa shape index (κ3) is 3.56. The summed E-state index contributed by atoms with van der Waals surface area (Å²) >= 11 is 0. The highest BCUT2D eigenvalue weighted by atomic mass is 15.2. The predicted octanol–water partition coefficient (Wildman–Crippen LogP) is 2.61. The van der Waals surface area contributed by atoms with E-state index >= 15 is 0 Å². The minimum absolute atomic E-state index is 0.639. The number of hydrogen-bond donors (Lipinski definition) is 1. The van der Waals surface area contributed by atoms with Crippen molar-refractivity contribution in [1.82, 2.24) is 10.2 Å². The molecule has 0 bridgehead atoms. The minimum Gasteiger partial charge on any atom is -0.311 e. The Kier molecular flexibility index (Phi) is 4.79. The molecule has 2 atom stereocenters. The first kappa shape index (κ1) is 13.6. The summed E-state index contributed by atoms with van der Waals surface area (Å²) < 4.78 is 0. The first-order chi connectivity index (χ1) is 8.66. The molecule has 0 unspecified atom stereocenters. The molecule has 1 fully saturated rings. The summed E-state index contributed by atoms with van der Waals surface area (Å²) in [4.78, 5) is 2.62. The monoisotopic (exact) mass is 246 g/mol. The highest BCUT2D eigenvalue weighted by Gasteiger charge is 2.21. The van der Waals surface area contributed by atoms with Crippen molar-refractivity contribution in [3.63, 3.8) is 0 Å². The zero-order chi connectivity index (χ0) is 13.0. The van der Waals surface area contributed by atoms with Gasteiger partial charge in [0.05, 0.1) is 0 Å². The van der Waals surface area contributed by atoms with Crippen LogP contribution in [0.25, 0.3) is 0 Å². The Labute approximate surface area is 111 Å². The maximum atomic E-state index is 3.54. The first-order valence-corrected chi connectivity index (χ1v) is 7.18. The Bertz CT molecular complexity index is 375. The van der Waals surface area contributed by atoms with Crippen molar-refractivity contribution in [3.8, 4) is 0 Å². The lowest BCUT2D eigenvalue weighted by atomic mass is 10.0. The van der Waals surface area contributed by atoms with Crippen LogP contribution in [0.15, 0.2) is 24.3 Å². The Balaban J connectivity index is 1.79. The number of benzene rings is 1. The molecule has 1 aromatic carbocycles. The molecule has 1 aromatic rings. The van der Waals surface area contributed by atoms with Crippen molar-refractivity contribution in [2.45, 2.75) is 45.7 Å². The van der Waals surface area contributed by atoms with Gasteiger partial charge in [0.15, 0.2) is 0 Å². The molecular weight excluding hydrogens is 220 g/mol. The normalized spacial score (nSPS) is 25.3. The zero-order valence-electron chi connectivity index (χ0n) is 11.9. The molecule has 0 amide bonds. The van der Waals surface area contributed by atoms with E-state index in [0.717, 1.165) is 6.54 Å². The largest absolute Gasteiger partial charge is 0.311 e. The average molecular weight is 246 g/mol. The van der Waals surface area contributed by atoms with Gasteiger partial charge in [0.25, 0.3) is 0 Å². The fourth-order valence-corrected chi connectivity index (χ4v) is 2.77. The molecule has 18 heavy (non-hydrogen) atoms. The summed E-state index contributed by atoms with van der Waals surface area (Å²) in [6.45, 7) is 10.4. The summed E-state index contributed by atoms with van der Waals surface area (Å²) in [6, 6.07) is 10.1. The van der Waals surface area contributed by atoms with Gasteiger partial charge in [-0.15, -0.1) is 0 Å². The molecular formula is C16H26N2. The van der Waals surface area contributed by atoms with Crippen LogP contribution in [0.5, 0.6) is 0 Å². The molecule has 0 radical (unpaired) electrons. The molecule has 2 heteroatoms. The minimum atomic E-state index is 0.639. The number of hydrogen-bond acceptors (Lipinski definition) is 2. The molecule has 2 nitrogen and oxygen atoms in total. The van der Waals surface area contributed by atoms with E-state index in [1.165, 1.54) is 37.1 Å². The van der Waals surface area contributed by atoms with Gasteiger partial charge in [0.2, 0.25) is 0 Å². The van der Waals surface area contributed by atoms with Crippen molar-refractivity contribution in [2.24, 2.45) is 0 Å². The van der Waals surface area contributed by atoms with Gasteiger partial charge in [-0.05, 0) is 51.3 Å². The lowest BCUT2D eigenvalue weighted by Crippen LogP contribution is -2.54. The number of nitrogens with one attached hydrogen (secondary N) is 1. The van der Waals surface area contributed by atoms with Crippen LogP contribution < -0.4 is 5.32 Å². The summed E-state index contributed by atoms with van der Waals surface area (Å²) in [7, 11) is 0. The smallest absolute Gasteiger partial charge is 0.0193 e. The molecule has 0 aromatic heterocycles. The van der Waals surface area contributed by atoms with Crippen molar-refractivity contribution in [2.75, 3.05) is 19.6 Å². The maximum Gasteiger partial charge on any atom is 0.0193 e. The molecule has 1 aliphatic rings. The van der Waals surface area contributed by atoms with Crippen molar-refractivity contribution >= 4 is 0 Å². The van der Waals surface area contributed by atoms with Gasteiger partial charge < -0.3 is 5.32 Å². The van der Waals surface area contributed by atoms with Gasteiger partial charge in [-0.25, -0.2) is 0 Å². The first-order valence-electron chi connectivity index (χ1n) is 7.18. The predicted molar refractivity (Wildman–Crippen MR) is 78.0 cm³/mol. The second kappa shape index (κ2) is 6.35. The Hall–Kier alpha value is -0.860. The summed E-state index contributed by atoms with van der Waals surface area (Å²) in [5.41, 5.74) is 2.94. The van der Waals surface area contributed by atoms with E-state index in [1.807, 2.05) is 0 Å². The summed E-state index contributed by atoms with van der Waals surface area (Å²) in [5, 5.41) is 3.54. The summed E-state index contributed by atoms with van der Waals surface area (Å²) in [5.74, 6) is 0. The van der Waals surface area contributed by atoms with Gasteiger partial charge in [-0.1, -0.05) is 24.3 Å².